The van der Waals surface area contributed by atoms with Crippen LogP contribution in [0.3, 0.4) is 0 Å². The largest absolute Gasteiger partial charge is 0.493 e. The fourth-order valence-corrected chi connectivity index (χ4v) is 4.30. The van der Waals surface area contributed by atoms with Crippen LogP contribution in [0.25, 0.3) is 0 Å². The highest BCUT2D eigenvalue weighted by molar-refractivity contribution is 7.92. The van der Waals surface area contributed by atoms with Gasteiger partial charge in [0.25, 0.3) is 0 Å². The Kier molecular flexibility index (Phi) is 7.53. The smallest absolute Gasteiger partial charge is 0.407 e. The van der Waals surface area contributed by atoms with Gasteiger partial charge in [0.1, 0.15) is 11.4 Å². The van der Waals surface area contributed by atoms with E-state index in [0.29, 0.717) is 23.2 Å². The molecule has 152 valence electrons. The molecule has 0 saturated heterocycles. The number of nitrogens with one attached hydrogen (secondary N) is 2. The van der Waals surface area contributed by atoms with Gasteiger partial charge in [-0.1, -0.05) is 25.3 Å². The monoisotopic (exact) mass is 396 g/mol. The molecule has 2 rings (SSSR count). The van der Waals surface area contributed by atoms with Crippen molar-refractivity contribution in [1.82, 2.24) is 5.32 Å². The zero-order valence-corrected chi connectivity index (χ0v) is 17.4. The number of rotatable bonds is 7. The normalized spacial score (nSPS) is 17.7. The van der Waals surface area contributed by atoms with Crippen molar-refractivity contribution >= 4 is 15.8 Å². The first kappa shape index (κ1) is 21.5. The van der Waals surface area contributed by atoms with E-state index < -0.39 is 21.4 Å². The van der Waals surface area contributed by atoms with Crippen LogP contribution in [0.4, 0.5) is 4.79 Å². The summed E-state index contributed by atoms with van der Waals surface area (Å²) in [6.07, 6.45) is 5.67. The Morgan fingerprint density at radius 1 is 1.26 bits per heavy atom. The first-order valence-corrected chi connectivity index (χ1v) is 11.3. The van der Waals surface area contributed by atoms with E-state index in [4.69, 9.17) is 14.3 Å². The number of ether oxygens (including phenoxy) is 2. The lowest BCUT2D eigenvalue weighted by Crippen LogP contribution is -2.34. The van der Waals surface area contributed by atoms with E-state index in [0.717, 1.165) is 0 Å². The van der Waals surface area contributed by atoms with Crippen molar-refractivity contribution in [1.29, 1.82) is 4.78 Å². The van der Waals surface area contributed by atoms with Gasteiger partial charge >= 0.3 is 6.09 Å². The lowest BCUT2D eigenvalue weighted by Gasteiger charge is -2.22. The van der Waals surface area contributed by atoms with Crippen LogP contribution < -0.4 is 10.1 Å². The predicted molar refractivity (Wildman–Crippen MR) is 107 cm³/mol. The van der Waals surface area contributed by atoms with E-state index in [9.17, 15) is 9.00 Å². The second kappa shape index (κ2) is 9.44. The molecule has 1 atom stereocenters. The van der Waals surface area contributed by atoms with Gasteiger partial charge in [0.15, 0.2) is 0 Å². The van der Waals surface area contributed by atoms with Gasteiger partial charge in [-0.25, -0.2) is 13.8 Å². The Labute approximate surface area is 163 Å². The maximum Gasteiger partial charge on any atom is 0.407 e. The van der Waals surface area contributed by atoms with Gasteiger partial charge < -0.3 is 14.8 Å². The molecule has 1 fully saturated rings. The highest BCUT2D eigenvalue weighted by Crippen LogP contribution is 2.25. The number of alkyl carbamates (subject to hydrolysis) is 1. The molecule has 1 aliphatic rings. The van der Waals surface area contributed by atoms with Crippen LogP contribution in [0.15, 0.2) is 29.2 Å². The van der Waals surface area contributed by atoms with Crippen molar-refractivity contribution in [3.63, 3.8) is 0 Å². The number of benzene rings is 1. The molecule has 0 radical (unpaired) electrons. The molecular formula is C20H32N2O4S. The average molecular weight is 397 g/mol. The Bertz CT molecular complexity index is 720. The molecule has 1 aromatic rings. The highest BCUT2D eigenvalue weighted by Gasteiger charge is 2.18. The van der Waals surface area contributed by atoms with E-state index in [-0.39, 0.29) is 12.3 Å². The Morgan fingerprint density at radius 3 is 2.63 bits per heavy atom. The fourth-order valence-electron chi connectivity index (χ4n) is 3.07. The number of hydrogen-bond acceptors (Lipinski definition) is 5. The molecule has 0 spiro atoms. The van der Waals surface area contributed by atoms with E-state index in [2.05, 4.69) is 5.32 Å². The van der Waals surface area contributed by atoms with E-state index >= 15 is 0 Å². The van der Waals surface area contributed by atoms with Crippen LogP contribution in [0.2, 0.25) is 0 Å². The van der Waals surface area contributed by atoms with Gasteiger partial charge in [-0.2, -0.15) is 0 Å². The van der Waals surface area contributed by atoms with Crippen LogP contribution in [0, 0.1) is 10.7 Å². The molecule has 6 nitrogen and oxygen atoms in total. The van der Waals surface area contributed by atoms with Gasteiger partial charge in [-0.05, 0) is 57.7 Å². The second-order valence-electron chi connectivity index (χ2n) is 8.10. The van der Waals surface area contributed by atoms with Crippen molar-refractivity contribution in [3.05, 3.63) is 24.3 Å². The molecule has 0 bridgehead atoms. The van der Waals surface area contributed by atoms with Crippen molar-refractivity contribution in [2.45, 2.75) is 63.4 Å². The second-order valence-corrected chi connectivity index (χ2v) is 10.3. The molecule has 0 aliphatic heterocycles. The third-order valence-corrected chi connectivity index (χ3v) is 6.25. The first-order valence-electron chi connectivity index (χ1n) is 9.62. The summed E-state index contributed by atoms with van der Waals surface area (Å²) in [4.78, 5) is 12.1. The number of hydrogen-bond donors (Lipinski definition) is 2. The number of carbonyl (C=O) groups is 1. The summed E-state index contributed by atoms with van der Waals surface area (Å²) >= 11 is 0. The molecule has 1 saturated carbocycles. The summed E-state index contributed by atoms with van der Waals surface area (Å²) in [6, 6.07) is 6.96. The van der Waals surface area contributed by atoms with E-state index in [1.165, 1.54) is 32.1 Å². The summed E-state index contributed by atoms with van der Waals surface area (Å²) < 4.78 is 32.0. The van der Waals surface area contributed by atoms with Crippen molar-refractivity contribution < 1.29 is 18.5 Å². The quantitative estimate of drug-likeness (QED) is 0.706. The van der Waals surface area contributed by atoms with Gasteiger partial charge in [-0.3, -0.25) is 0 Å². The van der Waals surface area contributed by atoms with Crippen molar-refractivity contribution in [3.8, 4) is 5.75 Å². The minimum absolute atomic E-state index is 0.0261. The zero-order valence-electron chi connectivity index (χ0n) is 16.6. The summed E-state index contributed by atoms with van der Waals surface area (Å²) in [5.41, 5.74) is -0.587. The Balaban J connectivity index is 1.87. The molecule has 0 heterocycles. The maximum absolute atomic E-state index is 12.7. The highest BCUT2D eigenvalue weighted by atomic mass is 32.2. The maximum atomic E-state index is 12.7. The summed E-state index contributed by atoms with van der Waals surface area (Å²) in [7, 11) is -3.02. The minimum Gasteiger partial charge on any atom is -0.493 e. The molecule has 1 aromatic carbocycles. The molecule has 0 aromatic heterocycles. The molecule has 7 heteroatoms. The zero-order chi connectivity index (χ0) is 19.9. The molecule has 2 N–H and O–H groups in total. The van der Waals surface area contributed by atoms with Gasteiger partial charge in [0.05, 0.1) is 27.0 Å². The number of amides is 1. The standard InChI is InChI=1S/C20H32N2O4S/c1-20(2,3)26-19(23)22-12-13-27(21,24)18-11-7-10-17(14-18)25-15-16-8-5-4-6-9-16/h7,10-11,14,16,21H,4-6,8-9,12-13,15H2,1-3H3,(H,22,23). The summed E-state index contributed by atoms with van der Waals surface area (Å²) in [5.74, 6) is 1.26. The Hall–Kier alpha value is -1.76. The van der Waals surface area contributed by atoms with Crippen molar-refractivity contribution in [2.24, 2.45) is 5.92 Å². The van der Waals surface area contributed by atoms with Crippen molar-refractivity contribution in [2.75, 3.05) is 18.9 Å². The van der Waals surface area contributed by atoms with E-state index in [1.54, 1.807) is 39.0 Å². The SMILES string of the molecule is CC(C)(C)OC(=O)NCCS(=N)(=O)c1cccc(OCC2CCCCC2)c1. The fraction of sp³-hybridized carbons (Fsp3) is 0.650. The lowest BCUT2D eigenvalue weighted by atomic mass is 9.90. The molecule has 27 heavy (non-hydrogen) atoms. The third kappa shape index (κ3) is 7.79. The van der Waals surface area contributed by atoms with Crippen LogP contribution in [0.1, 0.15) is 52.9 Å². The van der Waals surface area contributed by atoms with Crippen LogP contribution in [-0.4, -0.2) is 34.8 Å². The topological polar surface area (TPSA) is 88.5 Å². The van der Waals surface area contributed by atoms with Crippen LogP contribution in [0.5, 0.6) is 5.75 Å². The summed E-state index contributed by atoms with van der Waals surface area (Å²) in [6.45, 7) is 6.12. The number of carbonyl (C=O) groups excluding carboxylic acids is 1. The van der Waals surface area contributed by atoms with E-state index in [1.807, 2.05) is 6.07 Å². The molecule has 1 unspecified atom stereocenters. The van der Waals surface area contributed by atoms with Gasteiger partial charge in [0.2, 0.25) is 0 Å². The molecule has 1 aliphatic carbocycles. The van der Waals surface area contributed by atoms with Crippen LogP contribution in [-0.2, 0) is 14.5 Å². The summed E-state index contributed by atoms with van der Waals surface area (Å²) in [5, 5.41) is 2.56. The molecule has 1 amide bonds. The molecular weight excluding hydrogens is 364 g/mol. The predicted octanol–water partition coefficient (Wildman–Crippen LogP) is 4.58. The minimum atomic E-state index is -3.02. The lowest BCUT2D eigenvalue weighted by molar-refractivity contribution is 0.0531. The van der Waals surface area contributed by atoms with Gasteiger partial charge in [-0.15, -0.1) is 0 Å². The van der Waals surface area contributed by atoms with Gasteiger partial charge in [0, 0.05) is 6.54 Å². The van der Waals surface area contributed by atoms with Crippen LogP contribution >= 0.6 is 0 Å². The average Bonchev–Trinajstić information content (AvgIpc) is 2.59. The Morgan fingerprint density at radius 2 is 1.96 bits per heavy atom. The first-order chi connectivity index (χ1) is 12.7. The third-order valence-electron chi connectivity index (χ3n) is 4.45.